The largest absolute Gasteiger partial charge is 0.508 e. The zero-order chi connectivity index (χ0) is 21.8. The van der Waals surface area contributed by atoms with Crippen LogP contribution >= 0.6 is 0 Å². The zero-order valence-corrected chi connectivity index (χ0v) is 17.3. The van der Waals surface area contributed by atoms with E-state index in [1.807, 2.05) is 12.1 Å². The first-order chi connectivity index (χ1) is 15.0. The lowest BCUT2D eigenvalue weighted by atomic mass is 10.2. The van der Waals surface area contributed by atoms with Gasteiger partial charge in [-0.3, -0.25) is 14.4 Å². The van der Waals surface area contributed by atoms with Gasteiger partial charge in [0.2, 0.25) is 11.8 Å². The fourth-order valence-corrected chi connectivity index (χ4v) is 3.96. The van der Waals surface area contributed by atoms with Gasteiger partial charge in [0.05, 0.1) is 6.54 Å². The summed E-state index contributed by atoms with van der Waals surface area (Å²) in [5.74, 6) is -0.0887. The number of phenols is 1. The van der Waals surface area contributed by atoms with Crippen molar-refractivity contribution in [3.8, 4) is 5.75 Å². The van der Waals surface area contributed by atoms with E-state index in [1.165, 1.54) is 0 Å². The maximum absolute atomic E-state index is 12.5. The van der Waals surface area contributed by atoms with Gasteiger partial charge < -0.3 is 25.1 Å². The Morgan fingerprint density at radius 1 is 0.871 bits per heavy atom. The fraction of sp³-hybridized carbons (Fsp3) is 0.348. The lowest BCUT2D eigenvalue weighted by molar-refractivity contribution is -0.130. The predicted octanol–water partition coefficient (Wildman–Crippen LogP) is 1.60. The van der Waals surface area contributed by atoms with E-state index in [1.54, 1.807) is 46.2 Å². The van der Waals surface area contributed by atoms with Gasteiger partial charge in [-0.05, 0) is 55.0 Å². The second kappa shape index (κ2) is 9.07. The number of anilines is 2. The molecule has 0 atom stereocenters. The molecule has 0 aromatic heterocycles. The Morgan fingerprint density at radius 3 is 2.13 bits per heavy atom. The molecule has 0 bridgehead atoms. The summed E-state index contributed by atoms with van der Waals surface area (Å²) in [6, 6.07) is 13.9. The number of hydrogen-bond acceptors (Lipinski definition) is 5. The Labute approximate surface area is 181 Å². The number of carbonyl (C=O) groups excluding carboxylic acids is 3. The Bertz CT molecular complexity index is 951. The Morgan fingerprint density at radius 2 is 1.52 bits per heavy atom. The van der Waals surface area contributed by atoms with Crippen molar-refractivity contribution in [3.63, 3.8) is 0 Å². The van der Waals surface area contributed by atoms with E-state index in [9.17, 15) is 19.5 Å². The fourth-order valence-electron chi connectivity index (χ4n) is 3.96. The quantitative estimate of drug-likeness (QED) is 0.764. The molecule has 4 rings (SSSR count). The summed E-state index contributed by atoms with van der Waals surface area (Å²) >= 11 is 0. The molecular formula is C23H26N4O4. The standard InChI is InChI=1S/C23H26N4O4/c28-20-9-7-18(8-10-20)25-12-14-26(15-13-25)22(30)16-24-23(31)17-3-5-19(6-4-17)27-11-1-2-21(27)29/h3-10,28H,1-2,11-16H2,(H,24,31). The van der Waals surface area contributed by atoms with Gasteiger partial charge in [-0.15, -0.1) is 0 Å². The summed E-state index contributed by atoms with van der Waals surface area (Å²) in [5, 5.41) is 12.1. The molecule has 0 aliphatic carbocycles. The number of amides is 3. The Balaban J connectivity index is 1.24. The molecular weight excluding hydrogens is 396 g/mol. The number of phenolic OH excluding ortho intramolecular Hbond substituents is 1. The molecule has 2 aliphatic heterocycles. The number of nitrogens with zero attached hydrogens (tertiary/aromatic N) is 3. The number of nitrogens with one attached hydrogen (secondary N) is 1. The summed E-state index contributed by atoms with van der Waals surface area (Å²) in [5.41, 5.74) is 2.26. The van der Waals surface area contributed by atoms with E-state index in [0.29, 0.717) is 44.7 Å². The third-order valence-electron chi connectivity index (χ3n) is 5.76. The molecule has 31 heavy (non-hydrogen) atoms. The van der Waals surface area contributed by atoms with Crippen molar-refractivity contribution in [1.82, 2.24) is 10.2 Å². The first-order valence-corrected chi connectivity index (χ1v) is 10.5. The minimum Gasteiger partial charge on any atom is -0.508 e. The van der Waals surface area contributed by atoms with E-state index in [0.717, 1.165) is 17.8 Å². The third-order valence-corrected chi connectivity index (χ3v) is 5.76. The van der Waals surface area contributed by atoms with Crippen LogP contribution in [-0.2, 0) is 9.59 Å². The van der Waals surface area contributed by atoms with Crippen LogP contribution in [0.2, 0.25) is 0 Å². The van der Waals surface area contributed by atoms with Crippen LogP contribution in [0.15, 0.2) is 48.5 Å². The summed E-state index contributed by atoms with van der Waals surface area (Å²) in [6.07, 6.45) is 1.42. The molecule has 8 nitrogen and oxygen atoms in total. The average Bonchev–Trinajstić information content (AvgIpc) is 3.24. The molecule has 162 valence electrons. The minimum absolute atomic E-state index is 0.0512. The van der Waals surface area contributed by atoms with Crippen LogP contribution in [0.5, 0.6) is 5.75 Å². The first-order valence-electron chi connectivity index (χ1n) is 10.5. The van der Waals surface area contributed by atoms with Crippen molar-refractivity contribution in [2.24, 2.45) is 0 Å². The predicted molar refractivity (Wildman–Crippen MR) is 117 cm³/mol. The summed E-state index contributed by atoms with van der Waals surface area (Å²) in [6.45, 7) is 3.20. The SMILES string of the molecule is O=C(NCC(=O)N1CCN(c2ccc(O)cc2)CC1)c1ccc(N2CCCC2=O)cc1. The van der Waals surface area contributed by atoms with Crippen LogP contribution in [0.25, 0.3) is 0 Å². The van der Waals surface area contributed by atoms with Crippen LogP contribution in [0.1, 0.15) is 23.2 Å². The van der Waals surface area contributed by atoms with E-state index in [-0.39, 0.29) is 30.0 Å². The van der Waals surface area contributed by atoms with Crippen molar-refractivity contribution < 1.29 is 19.5 Å². The number of rotatable bonds is 5. The van der Waals surface area contributed by atoms with Crippen molar-refractivity contribution in [3.05, 3.63) is 54.1 Å². The molecule has 2 fully saturated rings. The van der Waals surface area contributed by atoms with Gasteiger partial charge in [0.25, 0.3) is 5.91 Å². The molecule has 2 aromatic carbocycles. The maximum Gasteiger partial charge on any atom is 0.251 e. The van der Waals surface area contributed by atoms with E-state index in [4.69, 9.17) is 0 Å². The molecule has 0 spiro atoms. The maximum atomic E-state index is 12.5. The minimum atomic E-state index is -0.310. The highest BCUT2D eigenvalue weighted by molar-refractivity contribution is 5.98. The molecule has 8 heteroatoms. The molecule has 3 amide bonds. The second-order valence-corrected chi connectivity index (χ2v) is 7.76. The molecule has 2 aromatic rings. The molecule has 0 unspecified atom stereocenters. The van der Waals surface area contributed by atoms with Gasteiger partial charge in [0.15, 0.2) is 0 Å². The second-order valence-electron chi connectivity index (χ2n) is 7.76. The smallest absolute Gasteiger partial charge is 0.251 e. The number of carbonyl (C=O) groups is 3. The lowest BCUT2D eigenvalue weighted by Gasteiger charge is -2.36. The molecule has 2 N–H and O–H groups in total. The number of hydrogen-bond donors (Lipinski definition) is 2. The van der Waals surface area contributed by atoms with Gasteiger partial charge in [0, 0.05) is 56.1 Å². The van der Waals surface area contributed by atoms with Crippen LogP contribution in [0.3, 0.4) is 0 Å². The summed E-state index contributed by atoms with van der Waals surface area (Å²) in [4.78, 5) is 42.4. The molecule has 2 heterocycles. The van der Waals surface area contributed by atoms with Gasteiger partial charge in [-0.1, -0.05) is 0 Å². The molecule has 0 saturated carbocycles. The van der Waals surface area contributed by atoms with Crippen LogP contribution < -0.4 is 15.1 Å². The van der Waals surface area contributed by atoms with Gasteiger partial charge in [-0.25, -0.2) is 0 Å². The molecule has 0 radical (unpaired) electrons. The van der Waals surface area contributed by atoms with Crippen LogP contribution in [-0.4, -0.2) is 67.0 Å². The molecule has 2 saturated heterocycles. The van der Waals surface area contributed by atoms with Crippen LogP contribution in [0, 0.1) is 0 Å². The highest BCUT2D eigenvalue weighted by atomic mass is 16.3. The lowest BCUT2D eigenvalue weighted by Crippen LogP contribution is -2.51. The highest BCUT2D eigenvalue weighted by Crippen LogP contribution is 2.22. The third kappa shape index (κ3) is 4.79. The number of aromatic hydroxyl groups is 1. The first kappa shape index (κ1) is 20.7. The van der Waals surface area contributed by atoms with E-state index < -0.39 is 0 Å². The zero-order valence-electron chi connectivity index (χ0n) is 17.3. The van der Waals surface area contributed by atoms with Gasteiger partial charge >= 0.3 is 0 Å². The van der Waals surface area contributed by atoms with Crippen molar-refractivity contribution in [2.45, 2.75) is 12.8 Å². The van der Waals surface area contributed by atoms with E-state index >= 15 is 0 Å². The van der Waals surface area contributed by atoms with E-state index in [2.05, 4.69) is 10.2 Å². The van der Waals surface area contributed by atoms with Crippen LogP contribution in [0.4, 0.5) is 11.4 Å². The summed E-state index contributed by atoms with van der Waals surface area (Å²) in [7, 11) is 0. The van der Waals surface area contributed by atoms with Crippen molar-refractivity contribution in [1.29, 1.82) is 0 Å². The Hall–Kier alpha value is -3.55. The van der Waals surface area contributed by atoms with Gasteiger partial charge in [-0.2, -0.15) is 0 Å². The summed E-state index contributed by atoms with van der Waals surface area (Å²) < 4.78 is 0. The molecule has 2 aliphatic rings. The normalized spacial score (nSPS) is 16.5. The van der Waals surface area contributed by atoms with Crippen molar-refractivity contribution >= 4 is 29.1 Å². The monoisotopic (exact) mass is 422 g/mol. The highest BCUT2D eigenvalue weighted by Gasteiger charge is 2.23. The number of piperazine rings is 1. The topological polar surface area (TPSA) is 93.2 Å². The Kier molecular flexibility index (Phi) is 6.06. The van der Waals surface area contributed by atoms with Crippen molar-refractivity contribution in [2.75, 3.05) is 49.1 Å². The number of benzene rings is 2. The van der Waals surface area contributed by atoms with Gasteiger partial charge in [0.1, 0.15) is 5.75 Å². The average molecular weight is 422 g/mol.